The number of aromatic nitrogens is 3. The van der Waals surface area contributed by atoms with Crippen molar-refractivity contribution < 1.29 is 14.7 Å². The molecular weight excluding hydrogens is 262 g/mol. The minimum absolute atomic E-state index is 0.102. The molecule has 1 aromatic rings. The van der Waals surface area contributed by atoms with Crippen LogP contribution in [0.15, 0.2) is 6.20 Å². The van der Waals surface area contributed by atoms with E-state index in [1.54, 1.807) is 0 Å². The fourth-order valence-corrected chi connectivity index (χ4v) is 2.12. The fourth-order valence-electron chi connectivity index (χ4n) is 2.12. The van der Waals surface area contributed by atoms with E-state index in [0.29, 0.717) is 25.0 Å². The molecule has 0 radical (unpaired) electrons. The van der Waals surface area contributed by atoms with E-state index in [4.69, 9.17) is 5.11 Å². The second-order valence-electron chi connectivity index (χ2n) is 4.96. The van der Waals surface area contributed by atoms with E-state index in [2.05, 4.69) is 27.9 Å². The number of carboxylic acids is 1. The molecule has 1 saturated carbocycles. The van der Waals surface area contributed by atoms with Crippen LogP contribution >= 0.6 is 0 Å². The van der Waals surface area contributed by atoms with Gasteiger partial charge in [0.15, 0.2) is 5.69 Å². The highest BCUT2D eigenvalue weighted by atomic mass is 16.4. The normalized spacial score (nSPS) is 20.4. The highest BCUT2D eigenvalue weighted by molar-refractivity contribution is 5.84. The first-order valence-corrected chi connectivity index (χ1v) is 6.78. The average molecular weight is 281 g/mol. The van der Waals surface area contributed by atoms with Crippen LogP contribution in [-0.4, -0.2) is 44.7 Å². The molecule has 20 heavy (non-hydrogen) atoms. The van der Waals surface area contributed by atoms with Gasteiger partial charge in [-0.05, 0) is 18.8 Å². The quantitative estimate of drug-likeness (QED) is 0.673. The highest BCUT2D eigenvalue weighted by Crippen LogP contribution is 2.34. The number of hydrogen-bond acceptors (Lipinski definition) is 4. The zero-order valence-electron chi connectivity index (χ0n) is 11.4. The number of carbonyl (C=O) groups is 2. The lowest BCUT2D eigenvalue weighted by Gasteiger charge is -2.07. The van der Waals surface area contributed by atoms with Crippen molar-refractivity contribution in [2.45, 2.75) is 38.8 Å². The molecule has 0 bridgehead atoms. The molecule has 110 valence electrons. The van der Waals surface area contributed by atoms with E-state index in [0.717, 1.165) is 19.3 Å². The molecule has 0 aromatic carbocycles. The number of aromatic carboxylic acids is 1. The summed E-state index contributed by atoms with van der Waals surface area (Å²) in [5.41, 5.74) is -0.102. The fraction of sp³-hybridized carbons (Fsp3) is 0.667. The van der Waals surface area contributed by atoms with E-state index in [-0.39, 0.29) is 11.7 Å². The minimum atomic E-state index is -1.11. The number of hydrogen-bond donors (Lipinski definition) is 3. The van der Waals surface area contributed by atoms with Crippen LogP contribution in [0.1, 0.15) is 36.7 Å². The first-order valence-electron chi connectivity index (χ1n) is 6.78. The summed E-state index contributed by atoms with van der Waals surface area (Å²) in [6, 6.07) is 0.118. The smallest absolute Gasteiger partial charge is 0.358 e. The summed E-state index contributed by atoms with van der Waals surface area (Å²) in [5, 5.41) is 21.5. The van der Waals surface area contributed by atoms with Crippen LogP contribution in [0.2, 0.25) is 0 Å². The maximum absolute atomic E-state index is 11.6. The van der Waals surface area contributed by atoms with Gasteiger partial charge in [-0.1, -0.05) is 18.6 Å². The Kier molecular flexibility index (Phi) is 4.54. The highest BCUT2D eigenvalue weighted by Gasteiger charge is 2.36. The third kappa shape index (κ3) is 3.94. The van der Waals surface area contributed by atoms with Gasteiger partial charge in [-0.25, -0.2) is 14.3 Å². The molecule has 0 spiro atoms. The van der Waals surface area contributed by atoms with Gasteiger partial charge >= 0.3 is 12.0 Å². The number of rotatable bonds is 7. The molecule has 3 N–H and O–H groups in total. The molecule has 8 heteroatoms. The Bertz CT molecular complexity index is 487. The minimum Gasteiger partial charge on any atom is -0.476 e. The Balaban J connectivity index is 1.63. The van der Waals surface area contributed by atoms with Crippen LogP contribution in [0.25, 0.3) is 0 Å². The number of urea groups is 1. The van der Waals surface area contributed by atoms with E-state index < -0.39 is 5.97 Å². The van der Waals surface area contributed by atoms with Crippen LogP contribution in [0.3, 0.4) is 0 Å². The average Bonchev–Trinajstić information content (AvgIpc) is 2.93. The third-order valence-corrected chi connectivity index (χ3v) is 3.28. The van der Waals surface area contributed by atoms with Gasteiger partial charge in [-0.2, -0.15) is 0 Å². The molecule has 2 unspecified atom stereocenters. The zero-order chi connectivity index (χ0) is 14.5. The van der Waals surface area contributed by atoms with Gasteiger partial charge in [0.05, 0.1) is 12.7 Å². The first kappa shape index (κ1) is 14.3. The number of carbonyl (C=O) groups excluding carboxylic acids is 1. The number of nitrogens with zero attached hydrogens (tertiary/aromatic N) is 3. The number of carboxylic acid groups (broad SMARTS) is 1. The number of amides is 2. The van der Waals surface area contributed by atoms with Crippen molar-refractivity contribution in [2.75, 3.05) is 6.54 Å². The van der Waals surface area contributed by atoms with Gasteiger partial charge < -0.3 is 15.7 Å². The van der Waals surface area contributed by atoms with Gasteiger partial charge in [0.2, 0.25) is 0 Å². The summed E-state index contributed by atoms with van der Waals surface area (Å²) >= 11 is 0. The van der Waals surface area contributed by atoms with Crippen molar-refractivity contribution in [1.29, 1.82) is 0 Å². The van der Waals surface area contributed by atoms with E-state index in [9.17, 15) is 9.59 Å². The molecule has 2 rings (SSSR count). The predicted molar refractivity (Wildman–Crippen MR) is 70.3 cm³/mol. The van der Waals surface area contributed by atoms with Crippen molar-refractivity contribution in [3.05, 3.63) is 11.9 Å². The maximum atomic E-state index is 11.6. The van der Waals surface area contributed by atoms with Crippen LogP contribution in [0, 0.1) is 5.92 Å². The molecule has 1 aromatic heterocycles. The monoisotopic (exact) mass is 281 g/mol. The molecule has 8 nitrogen and oxygen atoms in total. The van der Waals surface area contributed by atoms with Gasteiger partial charge in [-0.15, -0.1) is 5.10 Å². The summed E-state index contributed by atoms with van der Waals surface area (Å²) in [4.78, 5) is 22.2. The molecule has 0 saturated heterocycles. The summed E-state index contributed by atoms with van der Waals surface area (Å²) in [7, 11) is 0. The van der Waals surface area contributed by atoms with Crippen LogP contribution in [0.5, 0.6) is 0 Å². The van der Waals surface area contributed by atoms with Crippen molar-refractivity contribution >= 4 is 12.0 Å². The molecule has 1 fully saturated rings. The maximum Gasteiger partial charge on any atom is 0.358 e. The van der Waals surface area contributed by atoms with Gasteiger partial charge in [0.25, 0.3) is 0 Å². The van der Waals surface area contributed by atoms with E-state index in [1.807, 2.05) is 0 Å². The standard InChI is InChI=1S/C12H19N5O3/c1-2-3-8-6-9(8)14-12(20)13-4-5-17-7-10(11(18)19)15-16-17/h7-9H,2-6H2,1H3,(H,18,19)(H2,13,14,20). The second-order valence-corrected chi connectivity index (χ2v) is 4.96. The molecule has 2 atom stereocenters. The summed E-state index contributed by atoms with van der Waals surface area (Å²) < 4.78 is 1.39. The Labute approximate surface area is 116 Å². The summed E-state index contributed by atoms with van der Waals surface area (Å²) in [6.07, 6.45) is 4.69. The second kappa shape index (κ2) is 6.36. The zero-order valence-corrected chi connectivity index (χ0v) is 11.4. The van der Waals surface area contributed by atoms with Crippen molar-refractivity contribution in [3.63, 3.8) is 0 Å². The molecule has 1 aliphatic carbocycles. The van der Waals surface area contributed by atoms with Crippen LogP contribution in [-0.2, 0) is 6.54 Å². The number of nitrogens with one attached hydrogen (secondary N) is 2. The Morgan fingerprint density at radius 2 is 2.35 bits per heavy atom. The van der Waals surface area contributed by atoms with Gasteiger partial charge in [0, 0.05) is 12.6 Å². The molecule has 2 amide bonds. The van der Waals surface area contributed by atoms with Crippen LogP contribution in [0.4, 0.5) is 4.79 Å². The lowest BCUT2D eigenvalue weighted by atomic mass is 10.2. The van der Waals surface area contributed by atoms with Crippen molar-refractivity contribution in [1.82, 2.24) is 25.6 Å². The molecule has 1 heterocycles. The Morgan fingerprint density at radius 3 is 3.00 bits per heavy atom. The van der Waals surface area contributed by atoms with Gasteiger partial charge in [-0.3, -0.25) is 0 Å². The molecule has 0 aliphatic heterocycles. The lowest BCUT2D eigenvalue weighted by molar-refractivity contribution is 0.0690. The summed E-state index contributed by atoms with van der Waals surface area (Å²) in [5.74, 6) is -0.489. The van der Waals surface area contributed by atoms with E-state index in [1.165, 1.54) is 10.9 Å². The SMILES string of the molecule is CCCC1CC1NC(=O)NCCn1cc(C(=O)O)nn1. The molecular formula is C12H19N5O3. The Hall–Kier alpha value is -2.12. The predicted octanol–water partition coefficient (Wildman–Crippen LogP) is 0.464. The van der Waals surface area contributed by atoms with Crippen molar-refractivity contribution in [2.24, 2.45) is 5.92 Å². The lowest BCUT2D eigenvalue weighted by Crippen LogP contribution is -2.39. The third-order valence-electron chi connectivity index (χ3n) is 3.28. The Morgan fingerprint density at radius 1 is 1.55 bits per heavy atom. The van der Waals surface area contributed by atoms with Crippen molar-refractivity contribution in [3.8, 4) is 0 Å². The van der Waals surface area contributed by atoms with Gasteiger partial charge in [0.1, 0.15) is 0 Å². The first-order chi connectivity index (χ1) is 9.60. The summed E-state index contributed by atoms with van der Waals surface area (Å²) in [6.45, 7) is 2.90. The van der Waals surface area contributed by atoms with Crippen LogP contribution < -0.4 is 10.6 Å². The largest absolute Gasteiger partial charge is 0.476 e. The topological polar surface area (TPSA) is 109 Å². The van der Waals surface area contributed by atoms with E-state index >= 15 is 0 Å². The molecule has 1 aliphatic rings.